The number of benzene rings is 4. The molecule has 0 radical (unpaired) electrons. The van der Waals surface area contributed by atoms with Crippen molar-refractivity contribution in [1.29, 1.82) is 0 Å². The molecule has 5 heterocycles. The van der Waals surface area contributed by atoms with Crippen LogP contribution in [0.3, 0.4) is 0 Å². The highest BCUT2D eigenvalue weighted by Gasteiger charge is 2.18. The topological polar surface area (TPSA) is 90.5 Å². The van der Waals surface area contributed by atoms with Gasteiger partial charge in [0.15, 0.2) is 11.4 Å². The van der Waals surface area contributed by atoms with Crippen LogP contribution in [-0.4, -0.2) is 29.9 Å². The maximum atomic E-state index is 6.40. The summed E-state index contributed by atoms with van der Waals surface area (Å²) in [6.07, 6.45) is 3.75. The average Bonchev–Trinajstić information content (AvgIpc) is 3.57. The van der Waals surface area contributed by atoms with Crippen molar-refractivity contribution < 1.29 is 4.42 Å². The molecule has 0 N–H and O–H groups in total. The Morgan fingerprint density at radius 1 is 0.440 bits per heavy atom. The molecule has 0 spiro atoms. The summed E-state index contributed by atoms with van der Waals surface area (Å²) in [7, 11) is 0. The molecule has 7 nitrogen and oxygen atoms in total. The Bertz CT molecular complexity index is 2520. The van der Waals surface area contributed by atoms with E-state index in [9.17, 15) is 0 Å². The minimum atomic E-state index is 0.153. The fraction of sp³-hybridized carbons (Fsp3) is 0. The van der Waals surface area contributed by atoms with Crippen LogP contribution in [0.25, 0.3) is 89.7 Å². The lowest BCUT2D eigenvalue weighted by Crippen LogP contribution is -1.98. The molecule has 0 amide bonds. The van der Waals surface area contributed by atoms with Crippen molar-refractivity contribution in [2.45, 2.75) is 0 Å². The van der Waals surface area contributed by atoms with Gasteiger partial charge in [0.2, 0.25) is 5.28 Å². The van der Waals surface area contributed by atoms with E-state index in [2.05, 4.69) is 46.4 Å². The van der Waals surface area contributed by atoms with Crippen LogP contribution in [-0.2, 0) is 0 Å². The van der Waals surface area contributed by atoms with E-state index in [0.29, 0.717) is 34.0 Å². The summed E-state index contributed by atoms with van der Waals surface area (Å²) in [5, 5.41) is 1.04. The first kappa shape index (κ1) is 29.6. The van der Waals surface area contributed by atoms with Crippen molar-refractivity contribution in [3.63, 3.8) is 0 Å². The van der Waals surface area contributed by atoms with Crippen molar-refractivity contribution in [2.24, 2.45) is 0 Å². The Kier molecular flexibility index (Phi) is 7.37. The maximum Gasteiger partial charge on any atom is 0.223 e. The van der Waals surface area contributed by atoms with E-state index in [1.165, 1.54) is 0 Å². The Morgan fingerprint density at radius 2 is 0.980 bits per heavy atom. The van der Waals surface area contributed by atoms with Gasteiger partial charge in [0.1, 0.15) is 16.8 Å². The minimum absolute atomic E-state index is 0.153. The zero-order valence-corrected chi connectivity index (χ0v) is 27.2. The molecular formula is C42H25ClN6O. The van der Waals surface area contributed by atoms with Gasteiger partial charge in [-0.3, -0.25) is 9.97 Å². The third kappa shape index (κ3) is 5.55. The van der Waals surface area contributed by atoms with E-state index >= 15 is 0 Å². The van der Waals surface area contributed by atoms with Crippen LogP contribution in [0.2, 0.25) is 5.28 Å². The van der Waals surface area contributed by atoms with Crippen molar-refractivity contribution in [1.82, 2.24) is 29.9 Å². The van der Waals surface area contributed by atoms with Crippen LogP contribution in [0.5, 0.6) is 0 Å². The molecule has 236 valence electrons. The summed E-state index contributed by atoms with van der Waals surface area (Å²) in [6, 6.07) is 46.0. The standard InChI is InChI=1S/C42H25ClN6O/c43-42-48-38(40-39(49-42)32-13-7-8-14-37(32)50-40)28-15-17-29(18-16-28)41-46-35(33-21-19-30(24-44-33)26-9-3-1-4-10-26)23-36(47-41)34-22-20-31(25-45-34)27-11-5-2-6-12-27/h1-25H. The summed E-state index contributed by atoms with van der Waals surface area (Å²) in [5.41, 5.74) is 11.3. The zero-order valence-electron chi connectivity index (χ0n) is 26.4. The van der Waals surface area contributed by atoms with Gasteiger partial charge in [0, 0.05) is 40.0 Å². The molecule has 0 fully saturated rings. The van der Waals surface area contributed by atoms with E-state index in [-0.39, 0.29) is 5.28 Å². The predicted octanol–water partition coefficient (Wildman–Crippen LogP) is 10.6. The smallest absolute Gasteiger partial charge is 0.223 e. The van der Waals surface area contributed by atoms with Gasteiger partial charge in [-0.15, -0.1) is 0 Å². The number of furan rings is 1. The summed E-state index contributed by atoms with van der Waals surface area (Å²) in [6.45, 7) is 0. The highest BCUT2D eigenvalue weighted by atomic mass is 35.5. The SMILES string of the molecule is Clc1nc(-c2ccc(-c3nc(-c4ccc(-c5ccccc5)cn4)cc(-c4ccc(-c5ccccc5)cn4)n3)cc2)c2oc3ccccc3c2n1. The number of rotatable bonds is 6. The zero-order chi connectivity index (χ0) is 33.4. The van der Waals surface area contributed by atoms with Crippen LogP contribution in [0.1, 0.15) is 0 Å². The number of hydrogen-bond acceptors (Lipinski definition) is 7. The molecule has 0 unspecified atom stereocenters. The van der Waals surface area contributed by atoms with Gasteiger partial charge < -0.3 is 4.42 Å². The number of hydrogen-bond donors (Lipinski definition) is 0. The normalized spacial score (nSPS) is 11.3. The molecular weight excluding hydrogens is 640 g/mol. The van der Waals surface area contributed by atoms with Gasteiger partial charge >= 0.3 is 0 Å². The second-order valence-corrected chi connectivity index (χ2v) is 12.1. The second-order valence-electron chi connectivity index (χ2n) is 11.8. The second kappa shape index (κ2) is 12.5. The lowest BCUT2D eigenvalue weighted by Gasteiger charge is -2.10. The van der Waals surface area contributed by atoms with Gasteiger partial charge in [-0.2, -0.15) is 0 Å². The first-order valence-electron chi connectivity index (χ1n) is 16.0. The molecule has 0 aliphatic rings. The van der Waals surface area contributed by atoms with E-state index in [0.717, 1.165) is 55.7 Å². The predicted molar refractivity (Wildman–Crippen MR) is 198 cm³/mol. The Labute approximate surface area is 292 Å². The first-order chi connectivity index (χ1) is 24.7. The van der Waals surface area contributed by atoms with Gasteiger partial charge in [-0.25, -0.2) is 19.9 Å². The highest BCUT2D eigenvalue weighted by Crippen LogP contribution is 2.35. The largest absolute Gasteiger partial charge is 0.452 e. The van der Waals surface area contributed by atoms with Crippen LogP contribution in [0.4, 0.5) is 0 Å². The lowest BCUT2D eigenvalue weighted by molar-refractivity contribution is 0.667. The number of halogens is 1. The van der Waals surface area contributed by atoms with Gasteiger partial charge in [-0.1, -0.05) is 109 Å². The average molecular weight is 665 g/mol. The van der Waals surface area contributed by atoms with E-state index in [1.807, 2.05) is 116 Å². The number of fused-ring (bicyclic) bond motifs is 3. The third-order valence-corrected chi connectivity index (χ3v) is 8.77. The van der Waals surface area contributed by atoms with Crippen molar-refractivity contribution in [2.75, 3.05) is 0 Å². The quantitative estimate of drug-likeness (QED) is 0.163. The number of aromatic nitrogens is 6. The number of pyridine rings is 2. The van der Waals surface area contributed by atoms with Gasteiger partial charge in [-0.05, 0) is 53.1 Å². The Balaban J connectivity index is 1.12. The Hall–Kier alpha value is -6.57. The van der Waals surface area contributed by atoms with Crippen LogP contribution < -0.4 is 0 Å². The molecule has 0 bridgehead atoms. The lowest BCUT2D eigenvalue weighted by atomic mass is 10.1. The van der Waals surface area contributed by atoms with Crippen molar-refractivity contribution in [3.8, 4) is 67.7 Å². The first-order valence-corrected chi connectivity index (χ1v) is 16.4. The molecule has 4 aromatic carbocycles. The molecule has 9 aromatic rings. The molecule has 0 aliphatic carbocycles. The third-order valence-electron chi connectivity index (χ3n) is 8.60. The minimum Gasteiger partial charge on any atom is -0.452 e. The van der Waals surface area contributed by atoms with E-state index in [1.54, 1.807) is 0 Å². The van der Waals surface area contributed by atoms with Crippen LogP contribution in [0, 0.1) is 0 Å². The molecule has 50 heavy (non-hydrogen) atoms. The summed E-state index contributed by atoms with van der Waals surface area (Å²) in [5.74, 6) is 0.543. The Morgan fingerprint density at radius 3 is 1.56 bits per heavy atom. The molecule has 0 saturated carbocycles. The molecule has 5 aromatic heterocycles. The maximum absolute atomic E-state index is 6.40. The number of nitrogens with zero attached hydrogens (tertiary/aromatic N) is 6. The van der Waals surface area contributed by atoms with Crippen LogP contribution in [0.15, 0.2) is 156 Å². The molecule has 0 aliphatic heterocycles. The molecule has 8 heteroatoms. The summed E-state index contributed by atoms with van der Waals surface area (Å²) in [4.78, 5) is 28.6. The van der Waals surface area contributed by atoms with Gasteiger partial charge in [0.25, 0.3) is 0 Å². The van der Waals surface area contributed by atoms with E-state index < -0.39 is 0 Å². The van der Waals surface area contributed by atoms with Crippen molar-refractivity contribution >= 4 is 33.7 Å². The molecule has 0 atom stereocenters. The van der Waals surface area contributed by atoms with Crippen LogP contribution >= 0.6 is 11.6 Å². The van der Waals surface area contributed by atoms with Gasteiger partial charge in [0.05, 0.1) is 22.8 Å². The fourth-order valence-electron chi connectivity index (χ4n) is 6.07. The molecule has 0 saturated heterocycles. The summed E-state index contributed by atoms with van der Waals surface area (Å²) >= 11 is 6.40. The molecule has 9 rings (SSSR count). The van der Waals surface area contributed by atoms with E-state index in [4.69, 9.17) is 36.0 Å². The summed E-state index contributed by atoms with van der Waals surface area (Å²) < 4.78 is 6.19. The monoisotopic (exact) mass is 664 g/mol. The highest BCUT2D eigenvalue weighted by molar-refractivity contribution is 6.29. The number of para-hydroxylation sites is 1. The van der Waals surface area contributed by atoms with Crippen molar-refractivity contribution in [3.05, 3.63) is 157 Å². The fourth-order valence-corrected chi connectivity index (χ4v) is 6.24.